The topological polar surface area (TPSA) is 87.8 Å². The molecule has 0 fully saturated rings. The van der Waals surface area contributed by atoms with Crippen molar-refractivity contribution in [3.05, 3.63) is 27.2 Å². The van der Waals surface area contributed by atoms with Crippen molar-refractivity contribution in [3.8, 4) is 5.75 Å². The molecule has 0 heterocycles. The highest BCUT2D eigenvalue weighted by Crippen LogP contribution is 2.30. The quantitative estimate of drug-likeness (QED) is 0.513. The fourth-order valence-corrected chi connectivity index (χ4v) is 2.69. The van der Waals surface area contributed by atoms with Gasteiger partial charge in [-0.1, -0.05) is 11.6 Å². The molecule has 0 saturated carbocycles. The third-order valence-electron chi connectivity index (χ3n) is 2.74. The molecule has 22 heavy (non-hydrogen) atoms. The van der Waals surface area contributed by atoms with Crippen LogP contribution >= 0.6 is 27.5 Å². The number of rotatable bonds is 9. The largest absolute Gasteiger partial charge is 0.493 e. The van der Waals surface area contributed by atoms with Crippen molar-refractivity contribution in [2.24, 2.45) is 5.73 Å². The lowest BCUT2D eigenvalue weighted by molar-refractivity contribution is 0.0364. The van der Waals surface area contributed by atoms with Gasteiger partial charge in [-0.2, -0.15) is 0 Å². The van der Waals surface area contributed by atoms with E-state index in [4.69, 9.17) is 31.5 Å². The second-order valence-corrected chi connectivity index (χ2v) is 5.71. The van der Waals surface area contributed by atoms with Crippen LogP contribution in [0.2, 0.25) is 5.02 Å². The van der Waals surface area contributed by atoms with Gasteiger partial charge in [0, 0.05) is 16.6 Å². The Morgan fingerprint density at radius 1 is 1.50 bits per heavy atom. The van der Waals surface area contributed by atoms with Crippen LogP contribution in [-0.4, -0.2) is 38.8 Å². The minimum absolute atomic E-state index is 0.255. The van der Waals surface area contributed by atoms with Crippen LogP contribution in [0.3, 0.4) is 0 Å². The lowest BCUT2D eigenvalue weighted by Gasteiger charge is -2.16. The molecular weight excluding hydrogens is 378 g/mol. The molecule has 1 aromatic carbocycles. The van der Waals surface area contributed by atoms with Crippen LogP contribution in [0.1, 0.15) is 23.2 Å². The number of methoxy groups -OCH3 is 1. The van der Waals surface area contributed by atoms with Gasteiger partial charge in [0.1, 0.15) is 11.9 Å². The number of primary amides is 1. The van der Waals surface area contributed by atoms with Crippen LogP contribution in [0.25, 0.3) is 0 Å². The molecular formula is C14H17BrClNO5. The van der Waals surface area contributed by atoms with Crippen LogP contribution in [0.15, 0.2) is 16.6 Å². The molecule has 8 heteroatoms. The Balaban J connectivity index is 2.53. The molecule has 1 rings (SSSR count). The average Bonchev–Trinajstić information content (AvgIpc) is 2.42. The molecule has 2 N–H and O–H groups in total. The van der Waals surface area contributed by atoms with Crippen molar-refractivity contribution < 1.29 is 23.8 Å². The monoisotopic (exact) mass is 393 g/mol. The smallest absolute Gasteiger partial charge is 0.404 e. The number of halogens is 2. The normalized spacial score (nSPS) is 11.8. The lowest BCUT2D eigenvalue weighted by atomic mass is 10.2. The molecule has 1 unspecified atom stereocenters. The Morgan fingerprint density at radius 3 is 2.82 bits per heavy atom. The fourth-order valence-electron chi connectivity index (χ4n) is 1.81. The van der Waals surface area contributed by atoms with Gasteiger partial charge >= 0.3 is 6.09 Å². The van der Waals surface area contributed by atoms with E-state index in [1.165, 1.54) is 7.11 Å². The van der Waals surface area contributed by atoms with Gasteiger partial charge in [0.15, 0.2) is 6.29 Å². The first-order chi connectivity index (χ1) is 10.5. The number of carbonyl (C=O) groups excluding carboxylic acids is 2. The molecule has 0 bridgehead atoms. The van der Waals surface area contributed by atoms with E-state index in [0.717, 1.165) is 0 Å². The summed E-state index contributed by atoms with van der Waals surface area (Å²) in [5.74, 6) is 0.397. The summed E-state index contributed by atoms with van der Waals surface area (Å²) in [6.45, 7) is 0.585. The molecule has 1 atom stereocenters. The Hall–Kier alpha value is -1.31. The van der Waals surface area contributed by atoms with Crippen molar-refractivity contribution in [2.45, 2.75) is 18.9 Å². The highest BCUT2D eigenvalue weighted by Gasteiger charge is 2.13. The first-order valence-electron chi connectivity index (χ1n) is 6.50. The van der Waals surface area contributed by atoms with Crippen molar-refractivity contribution in [1.29, 1.82) is 0 Å². The summed E-state index contributed by atoms with van der Waals surface area (Å²) in [5, 5.41) is 0.460. The number of hydrogen-bond acceptors (Lipinski definition) is 5. The van der Waals surface area contributed by atoms with Gasteiger partial charge in [0.05, 0.1) is 18.8 Å². The van der Waals surface area contributed by atoms with E-state index < -0.39 is 12.2 Å². The number of ether oxygens (including phenoxy) is 3. The maximum Gasteiger partial charge on any atom is 0.404 e. The third-order valence-corrected chi connectivity index (χ3v) is 3.61. The Labute approximate surface area is 142 Å². The van der Waals surface area contributed by atoms with Crippen molar-refractivity contribution >= 4 is 39.9 Å². The van der Waals surface area contributed by atoms with Crippen molar-refractivity contribution in [2.75, 3.05) is 20.3 Å². The van der Waals surface area contributed by atoms with E-state index in [-0.39, 0.29) is 6.61 Å². The summed E-state index contributed by atoms with van der Waals surface area (Å²) in [7, 11) is 1.51. The predicted octanol–water partition coefficient (Wildman–Crippen LogP) is 3.18. The van der Waals surface area contributed by atoms with Crippen molar-refractivity contribution in [3.63, 3.8) is 0 Å². The van der Waals surface area contributed by atoms with Gasteiger partial charge in [-0.05, 0) is 40.9 Å². The maximum absolute atomic E-state index is 11.1. The predicted molar refractivity (Wildman–Crippen MR) is 85.6 cm³/mol. The lowest BCUT2D eigenvalue weighted by Crippen LogP contribution is -2.27. The minimum Gasteiger partial charge on any atom is -0.493 e. The van der Waals surface area contributed by atoms with Gasteiger partial charge < -0.3 is 19.9 Å². The maximum atomic E-state index is 11.1. The van der Waals surface area contributed by atoms with Crippen molar-refractivity contribution in [1.82, 2.24) is 0 Å². The molecule has 0 aliphatic heterocycles. The zero-order valence-corrected chi connectivity index (χ0v) is 14.4. The molecule has 0 aromatic heterocycles. The summed E-state index contributed by atoms with van der Waals surface area (Å²) in [6.07, 6.45) is 0.533. The van der Waals surface area contributed by atoms with Crippen LogP contribution in [0.5, 0.6) is 5.75 Å². The van der Waals surface area contributed by atoms with E-state index in [0.29, 0.717) is 46.5 Å². The molecule has 6 nitrogen and oxygen atoms in total. The molecule has 122 valence electrons. The SMILES string of the molecule is COCC(CCCOc1cc(Cl)cc(Br)c1C=O)OC(N)=O. The van der Waals surface area contributed by atoms with Gasteiger partial charge in [-0.3, -0.25) is 4.79 Å². The van der Waals surface area contributed by atoms with Crippen LogP contribution < -0.4 is 10.5 Å². The van der Waals surface area contributed by atoms with E-state index in [1.807, 2.05) is 0 Å². The number of amides is 1. The molecule has 0 radical (unpaired) electrons. The second kappa shape index (κ2) is 9.66. The molecule has 1 aromatic rings. The zero-order chi connectivity index (χ0) is 16.5. The number of carbonyl (C=O) groups is 2. The summed E-state index contributed by atoms with van der Waals surface area (Å²) in [4.78, 5) is 21.8. The van der Waals surface area contributed by atoms with Gasteiger partial charge in [0.2, 0.25) is 0 Å². The first kappa shape index (κ1) is 18.7. The second-order valence-electron chi connectivity index (χ2n) is 4.42. The third kappa shape index (κ3) is 6.21. The summed E-state index contributed by atoms with van der Waals surface area (Å²) < 4.78 is 16.0. The zero-order valence-electron chi connectivity index (χ0n) is 12.0. The summed E-state index contributed by atoms with van der Waals surface area (Å²) >= 11 is 9.18. The molecule has 0 saturated heterocycles. The fraction of sp³-hybridized carbons (Fsp3) is 0.429. The minimum atomic E-state index is -0.843. The van der Waals surface area contributed by atoms with E-state index in [2.05, 4.69) is 15.9 Å². The number of aldehydes is 1. The molecule has 1 amide bonds. The molecule has 0 spiro atoms. The Bertz CT molecular complexity index is 526. The van der Waals surface area contributed by atoms with Crippen LogP contribution in [0.4, 0.5) is 4.79 Å². The Morgan fingerprint density at radius 2 is 2.23 bits per heavy atom. The Kier molecular flexibility index (Phi) is 8.22. The van der Waals surface area contributed by atoms with Gasteiger partial charge in [-0.15, -0.1) is 0 Å². The first-order valence-corrected chi connectivity index (χ1v) is 7.67. The number of benzene rings is 1. The summed E-state index contributed by atoms with van der Waals surface area (Å²) in [5.41, 5.74) is 5.38. The van der Waals surface area contributed by atoms with Crippen LogP contribution in [-0.2, 0) is 9.47 Å². The average molecular weight is 395 g/mol. The van der Waals surface area contributed by atoms with E-state index >= 15 is 0 Å². The highest BCUT2D eigenvalue weighted by molar-refractivity contribution is 9.10. The van der Waals surface area contributed by atoms with E-state index in [1.54, 1.807) is 12.1 Å². The number of hydrogen-bond donors (Lipinski definition) is 1. The van der Waals surface area contributed by atoms with Gasteiger partial charge in [-0.25, -0.2) is 4.79 Å². The number of nitrogens with two attached hydrogens (primary N) is 1. The standard InChI is InChI=1S/C14H17BrClNO5/c1-20-8-10(22-14(17)19)3-2-4-21-13-6-9(16)5-12(15)11(13)7-18/h5-7,10H,2-4,8H2,1H3,(H2,17,19). The highest BCUT2D eigenvalue weighted by atomic mass is 79.9. The molecule has 0 aliphatic carbocycles. The van der Waals surface area contributed by atoms with Crippen LogP contribution in [0, 0.1) is 0 Å². The summed E-state index contributed by atoms with van der Waals surface area (Å²) in [6, 6.07) is 3.19. The van der Waals surface area contributed by atoms with Gasteiger partial charge in [0.25, 0.3) is 0 Å². The van der Waals surface area contributed by atoms with E-state index in [9.17, 15) is 9.59 Å². The molecule has 0 aliphatic rings.